The molecule has 3 rings (SSSR count). The fourth-order valence-corrected chi connectivity index (χ4v) is 3.39. The summed E-state index contributed by atoms with van der Waals surface area (Å²) in [5.74, 6) is -0.0565. The van der Waals surface area contributed by atoms with Crippen LogP contribution in [-0.2, 0) is 11.3 Å². The number of amides is 1. The van der Waals surface area contributed by atoms with Crippen molar-refractivity contribution < 1.29 is 9.90 Å². The molecule has 0 bridgehead atoms. The van der Waals surface area contributed by atoms with Gasteiger partial charge in [0.1, 0.15) is 0 Å². The Hall–Kier alpha value is -1.18. The fourth-order valence-electron chi connectivity index (χ4n) is 2.58. The lowest BCUT2D eigenvalue weighted by Crippen LogP contribution is -2.39. The number of aliphatic hydroxyl groups excluding tert-OH is 1. The third kappa shape index (κ3) is 4.91. The molecule has 3 N–H and O–H groups in total. The van der Waals surface area contributed by atoms with Gasteiger partial charge in [0.15, 0.2) is 0 Å². The molecule has 1 aliphatic rings. The topological polar surface area (TPSA) is 74.2 Å². The first-order valence-corrected chi connectivity index (χ1v) is 8.20. The lowest BCUT2D eigenvalue weighted by molar-refractivity contribution is -0.123. The van der Waals surface area contributed by atoms with Gasteiger partial charge < -0.3 is 15.7 Å². The molecular formula is C16H21Cl2N3O2S. The van der Waals surface area contributed by atoms with Gasteiger partial charge in [-0.15, -0.1) is 36.2 Å². The SMILES string of the molecule is Cc1ncsc1-c1ccc(CNC(=O)[C@@H]2C[C@@H](O)CN2)cc1.Cl.Cl. The minimum absolute atomic E-state index is 0. The number of thiazole rings is 1. The predicted octanol–water partition coefficient (Wildman–Crippen LogP) is 2.30. The van der Waals surface area contributed by atoms with E-state index in [0.717, 1.165) is 16.8 Å². The number of hydrogen-bond donors (Lipinski definition) is 3. The number of carbonyl (C=O) groups excluding carboxylic acids is 1. The molecule has 2 aromatic rings. The molecule has 0 unspecified atom stereocenters. The van der Waals surface area contributed by atoms with Crippen LogP contribution < -0.4 is 10.6 Å². The second-order valence-corrected chi connectivity index (χ2v) is 6.39. The van der Waals surface area contributed by atoms with Crippen LogP contribution in [0, 0.1) is 6.92 Å². The first kappa shape index (κ1) is 20.9. The fraction of sp³-hybridized carbons (Fsp3) is 0.375. The maximum atomic E-state index is 12.0. The standard InChI is InChI=1S/C16H19N3O2S.2ClH/c1-10-15(22-9-19-10)12-4-2-11(3-5-12)7-18-16(21)14-6-13(20)8-17-14;;/h2-5,9,13-14,17,20H,6-8H2,1H3,(H,18,21);2*1H/t13-,14+;;/m1../s1. The maximum Gasteiger partial charge on any atom is 0.237 e. The summed E-state index contributed by atoms with van der Waals surface area (Å²) in [7, 11) is 0. The number of hydrogen-bond acceptors (Lipinski definition) is 5. The summed E-state index contributed by atoms with van der Waals surface area (Å²) in [5.41, 5.74) is 5.09. The molecule has 0 saturated carbocycles. The van der Waals surface area contributed by atoms with Gasteiger partial charge in [0.2, 0.25) is 5.91 Å². The van der Waals surface area contributed by atoms with Gasteiger partial charge >= 0.3 is 0 Å². The summed E-state index contributed by atoms with van der Waals surface area (Å²) in [6.45, 7) is 2.99. The largest absolute Gasteiger partial charge is 0.392 e. The maximum absolute atomic E-state index is 12.0. The van der Waals surface area contributed by atoms with Crippen LogP contribution in [0.25, 0.3) is 10.4 Å². The van der Waals surface area contributed by atoms with Crippen LogP contribution in [0.4, 0.5) is 0 Å². The summed E-state index contributed by atoms with van der Waals surface area (Å²) in [4.78, 5) is 17.4. The summed E-state index contributed by atoms with van der Waals surface area (Å²) in [6, 6.07) is 7.87. The highest BCUT2D eigenvalue weighted by atomic mass is 35.5. The number of carbonyl (C=O) groups is 1. The molecule has 1 saturated heterocycles. The Labute approximate surface area is 157 Å². The Kier molecular flexibility index (Phi) is 8.12. The molecule has 1 amide bonds. The number of rotatable bonds is 4. The molecule has 1 aromatic carbocycles. The molecule has 5 nitrogen and oxygen atoms in total. The Bertz CT molecular complexity index is 664. The van der Waals surface area contributed by atoms with Gasteiger partial charge in [-0.25, -0.2) is 4.98 Å². The number of nitrogens with one attached hydrogen (secondary N) is 2. The predicted molar refractivity (Wildman–Crippen MR) is 101 cm³/mol. The van der Waals surface area contributed by atoms with Gasteiger partial charge in [-0.3, -0.25) is 4.79 Å². The van der Waals surface area contributed by atoms with E-state index >= 15 is 0 Å². The van der Waals surface area contributed by atoms with Gasteiger partial charge in [-0.1, -0.05) is 24.3 Å². The molecule has 1 aliphatic heterocycles. The molecule has 0 aliphatic carbocycles. The van der Waals surface area contributed by atoms with E-state index in [1.165, 1.54) is 4.88 Å². The Morgan fingerprint density at radius 2 is 2.08 bits per heavy atom. The molecule has 0 spiro atoms. The lowest BCUT2D eigenvalue weighted by atomic mass is 10.1. The van der Waals surface area contributed by atoms with Crippen LogP contribution in [0.5, 0.6) is 0 Å². The molecule has 0 radical (unpaired) electrons. The molecule has 2 heterocycles. The van der Waals surface area contributed by atoms with Gasteiger partial charge in [0, 0.05) is 13.1 Å². The monoisotopic (exact) mass is 389 g/mol. The summed E-state index contributed by atoms with van der Waals surface area (Å²) >= 11 is 1.63. The number of halogens is 2. The number of aliphatic hydroxyl groups is 1. The zero-order chi connectivity index (χ0) is 15.5. The van der Waals surface area contributed by atoms with Crippen molar-refractivity contribution in [1.82, 2.24) is 15.6 Å². The number of nitrogens with zero attached hydrogens (tertiary/aromatic N) is 1. The van der Waals surface area contributed by atoms with E-state index in [4.69, 9.17) is 0 Å². The molecule has 1 fully saturated rings. The van der Waals surface area contributed by atoms with E-state index in [0.29, 0.717) is 19.5 Å². The average Bonchev–Trinajstić information content (AvgIpc) is 3.14. The Balaban J connectivity index is 0.00000144. The van der Waals surface area contributed by atoms with Crippen LogP contribution >= 0.6 is 36.2 Å². The van der Waals surface area contributed by atoms with Crippen molar-refractivity contribution in [3.05, 3.63) is 41.0 Å². The third-order valence-electron chi connectivity index (χ3n) is 3.85. The second kappa shape index (κ2) is 9.34. The van der Waals surface area contributed by atoms with Gasteiger partial charge in [-0.05, 0) is 24.5 Å². The number of β-amino-alcohol motifs (C(OH)–C–C–N with tert-alkyl or cyclic N) is 1. The third-order valence-corrected chi connectivity index (χ3v) is 4.83. The van der Waals surface area contributed by atoms with E-state index < -0.39 is 6.10 Å². The molecular weight excluding hydrogens is 369 g/mol. The van der Waals surface area contributed by atoms with E-state index in [2.05, 4.69) is 27.8 Å². The molecule has 24 heavy (non-hydrogen) atoms. The van der Waals surface area contributed by atoms with Crippen LogP contribution in [0.15, 0.2) is 29.8 Å². The van der Waals surface area contributed by atoms with Crippen LogP contribution in [0.1, 0.15) is 17.7 Å². The van der Waals surface area contributed by atoms with E-state index in [1.807, 2.05) is 24.6 Å². The van der Waals surface area contributed by atoms with Gasteiger partial charge in [-0.2, -0.15) is 0 Å². The van der Waals surface area contributed by atoms with Crippen LogP contribution in [0.2, 0.25) is 0 Å². The summed E-state index contributed by atoms with van der Waals surface area (Å²) in [5, 5.41) is 15.3. The van der Waals surface area contributed by atoms with Crippen molar-refractivity contribution in [2.75, 3.05) is 6.54 Å². The first-order chi connectivity index (χ1) is 10.6. The van der Waals surface area contributed by atoms with Crippen LogP contribution in [-0.4, -0.2) is 34.7 Å². The highest BCUT2D eigenvalue weighted by Gasteiger charge is 2.27. The summed E-state index contributed by atoms with van der Waals surface area (Å²) in [6.07, 6.45) is 0.0628. The van der Waals surface area contributed by atoms with Crippen molar-refractivity contribution in [2.45, 2.75) is 32.0 Å². The van der Waals surface area contributed by atoms with Crippen molar-refractivity contribution >= 4 is 42.1 Å². The van der Waals surface area contributed by atoms with Crippen molar-refractivity contribution in [3.8, 4) is 10.4 Å². The number of aryl methyl sites for hydroxylation is 1. The molecule has 1 aromatic heterocycles. The van der Waals surface area contributed by atoms with Crippen LogP contribution in [0.3, 0.4) is 0 Å². The van der Waals surface area contributed by atoms with Crippen molar-refractivity contribution in [3.63, 3.8) is 0 Å². The van der Waals surface area contributed by atoms with Crippen molar-refractivity contribution in [2.24, 2.45) is 0 Å². The Morgan fingerprint density at radius 1 is 1.38 bits per heavy atom. The zero-order valence-corrected chi connectivity index (χ0v) is 15.6. The number of benzene rings is 1. The minimum atomic E-state index is -0.419. The zero-order valence-electron chi connectivity index (χ0n) is 13.2. The normalized spacial score (nSPS) is 19.2. The number of aromatic nitrogens is 1. The quantitative estimate of drug-likeness (QED) is 0.749. The smallest absolute Gasteiger partial charge is 0.237 e. The molecule has 132 valence electrons. The Morgan fingerprint density at radius 3 is 2.62 bits per heavy atom. The molecule has 2 atom stereocenters. The van der Waals surface area contributed by atoms with E-state index in [-0.39, 0.29) is 36.8 Å². The van der Waals surface area contributed by atoms with E-state index in [1.54, 1.807) is 11.3 Å². The average molecular weight is 390 g/mol. The van der Waals surface area contributed by atoms with Gasteiger partial charge in [0.05, 0.1) is 28.2 Å². The second-order valence-electron chi connectivity index (χ2n) is 5.53. The lowest BCUT2D eigenvalue weighted by Gasteiger charge is -2.11. The van der Waals surface area contributed by atoms with Crippen molar-refractivity contribution in [1.29, 1.82) is 0 Å². The minimum Gasteiger partial charge on any atom is -0.392 e. The summed E-state index contributed by atoms with van der Waals surface area (Å²) < 4.78 is 0. The highest BCUT2D eigenvalue weighted by molar-refractivity contribution is 7.13. The molecule has 8 heteroatoms. The van der Waals surface area contributed by atoms with Gasteiger partial charge in [0.25, 0.3) is 0 Å². The highest BCUT2D eigenvalue weighted by Crippen LogP contribution is 2.27. The van der Waals surface area contributed by atoms with E-state index in [9.17, 15) is 9.90 Å². The first-order valence-electron chi connectivity index (χ1n) is 7.32.